The van der Waals surface area contributed by atoms with Gasteiger partial charge in [-0.1, -0.05) is 38.2 Å². The molecule has 0 saturated carbocycles. The third-order valence-electron chi connectivity index (χ3n) is 2.73. The van der Waals surface area contributed by atoms with E-state index in [2.05, 4.69) is 43.5 Å². The fourth-order valence-corrected chi connectivity index (χ4v) is 1.80. The summed E-state index contributed by atoms with van der Waals surface area (Å²) in [5.74, 6) is 0.618. The van der Waals surface area contributed by atoms with Crippen LogP contribution in [0.4, 0.5) is 0 Å². The van der Waals surface area contributed by atoms with Crippen molar-refractivity contribution in [1.29, 1.82) is 0 Å². The van der Waals surface area contributed by atoms with Crippen LogP contribution in [0.15, 0.2) is 24.3 Å². The van der Waals surface area contributed by atoms with Gasteiger partial charge in [0.1, 0.15) is 5.78 Å². The molecule has 0 amide bonds. The molecule has 2 nitrogen and oxygen atoms in total. The zero-order valence-electron chi connectivity index (χ0n) is 11.0. The molecule has 0 bridgehead atoms. The van der Waals surface area contributed by atoms with Crippen LogP contribution in [0.2, 0.25) is 0 Å². The Balaban J connectivity index is 3.87. The lowest BCUT2D eigenvalue weighted by Crippen LogP contribution is -2.38. The molecule has 2 atom stereocenters. The van der Waals surface area contributed by atoms with E-state index in [-0.39, 0.29) is 11.8 Å². The Morgan fingerprint density at radius 2 is 1.94 bits per heavy atom. The molecule has 1 N–H and O–H groups in total. The number of allylic oxidation sites excluding steroid dienone is 4. The predicted octanol–water partition coefficient (Wildman–Crippen LogP) is 3.10. The van der Waals surface area contributed by atoms with Crippen LogP contribution in [0.5, 0.6) is 0 Å². The Bertz CT molecular complexity index is 243. The largest absolute Gasteiger partial charge is 0.310 e. The molecule has 0 radical (unpaired) electrons. The smallest absolute Gasteiger partial charge is 0.146 e. The Labute approximate surface area is 99.8 Å². The van der Waals surface area contributed by atoms with Gasteiger partial charge in [-0.15, -0.1) is 0 Å². The standard InChI is InChI=1S/C14H25NO/c1-5-6-7-8-9-10-11-12(2)14(15-4)13(3)16/h6-9,12,14-15H,5,10-11H2,1-4H3/b7-6-,9-8-. The SMILES string of the molecule is CC/C=C\C=C/CCC(C)C(NC)C(C)=O. The van der Waals surface area contributed by atoms with E-state index >= 15 is 0 Å². The molecule has 0 heterocycles. The molecule has 0 spiro atoms. The molecule has 0 fully saturated rings. The molecule has 0 saturated heterocycles. The van der Waals surface area contributed by atoms with Gasteiger partial charge in [0.15, 0.2) is 0 Å². The summed E-state index contributed by atoms with van der Waals surface area (Å²) in [4.78, 5) is 11.3. The first-order valence-corrected chi connectivity index (χ1v) is 6.12. The average Bonchev–Trinajstić information content (AvgIpc) is 2.23. The van der Waals surface area contributed by atoms with Gasteiger partial charge in [0, 0.05) is 0 Å². The molecule has 0 aromatic heterocycles. The van der Waals surface area contributed by atoms with Crippen LogP contribution in [-0.2, 0) is 4.79 Å². The molecule has 0 rings (SSSR count). The first-order chi connectivity index (χ1) is 7.63. The second kappa shape index (κ2) is 9.34. The zero-order valence-corrected chi connectivity index (χ0v) is 11.0. The number of carbonyl (C=O) groups is 1. The van der Waals surface area contributed by atoms with E-state index in [4.69, 9.17) is 0 Å². The van der Waals surface area contributed by atoms with E-state index in [1.807, 2.05) is 7.05 Å². The second-order valence-corrected chi connectivity index (χ2v) is 4.20. The zero-order chi connectivity index (χ0) is 12.4. The van der Waals surface area contributed by atoms with Crippen LogP contribution in [0, 0.1) is 5.92 Å². The third kappa shape index (κ3) is 6.57. The highest BCUT2D eigenvalue weighted by atomic mass is 16.1. The van der Waals surface area contributed by atoms with E-state index in [0.717, 1.165) is 19.3 Å². The molecule has 2 unspecified atom stereocenters. The van der Waals surface area contributed by atoms with E-state index in [1.165, 1.54) is 0 Å². The van der Waals surface area contributed by atoms with Gasteiger partial charge in [0.25, 0.3) is 0 Å². The normalized spacial score (nSPS) is 15.8. The number of likely N-dealkylation sites (N-methyl/N-ethyl adjacent to an activating group) is 1. The summed E-state index contributed by atoms with van der Waals surface area (Å²) in [6.45, 7) is 5.90. The van der Waals surface area contributed by atoms with Gasteiger partial charge in [-0.3, -0.25) is 4.79 Å². The van der Waals surface area contributed by atoms with Crippen molar-refractivity contribution in [1.82, 2.24) is 5.32 Å². The molecule has 0 aromatic rings. The van der Waals surface area contributed by atoms with Gasteiger partial charge >= 0.3 is 0 Å². The van der Waals surface area contributed by atoms with Gasteiger partial charge in [-0.2, -0.15) is 0 Å². The molecule has 2 heteroatoms. The van der Waals surface area contributed by atoms with E-state index < -0.39 is 0 Å². The van der Waals surface area contributed by atoms with E-state index in [0.29, 0.717) is 5.92 Å². The van der Waals surface area contributed by atoms with Gasteiger partial charge < -0.3 is 5.32 Å². The average molecular weight is 223 g/mol. The van der Waals surface area contributed by atoms with Crippen molar-refractivity contribution in [2.24, 2.45) is 5.92 Å². The van der Waals surface area contributed by atoms with Crippen molar-refractivity contribution in [3.05, 3.63) is 24.3 Å². The highest BCUT2D eigenvalue weighted by molar-refractivity contribution is 5.81. The fraction of sp³-hybridized carbons (Fsp3) is 0.643. The first-order valence-electron chi connectivity index (χ1n) is 6.12. The highest BCUT2D eigenvalue weighted by Crippen LogP contribution is 2.12. The van der Waals surface area contributed by atoms with Crippen LogP contribution >= 0.6 is 0 Å². The minimum absolute atomic E-state index is 0.000385. The summed E-state index contributed by atoms with van der Waals surface area (Å²) in [7, 11) is 1.85. The van der Waals surface area contributed by atoms with Gasteiger partial charge in [-0.25, -0.2) is 0 Å². The molecule has 0 aliphatic carbocycles. The lowest BCUT2D eigenvalue weighted by atomic mass is 9.94. The van der Waals surface area contributed by atoms with Gasteiger partial charge in [0.05, 0.1) is 6.04 Å². The maximum Gasteiger partial charge on any atom is 0.146 e. The van der Waals surface area contributed by atoms with Crippen LogP contribution in [0.3, 0.4) is 0 Å². The number of hydrogen-bond acceptors (Lipinski definition) is 2. The van der Waals surface area contributed by atoms with E-state index in [9.17, 15) is 4.79 Å². The lowest BCUT2D eigenvalue weighted by molar-refractivity contribution is -0.120. The van der Waals surface area contributed by atoms with Crippen molar-refractivity contribution in [3.63, 3.8) is 0 Å². The molecular formula is C14H25NO. The number of nitrogens with one attached hydrogen (secondary N) is 1. The monoisotopic (exact) mass is 223 g/mol. The quantitative estimate of drug-likeness (QED) is 0.641. The summed E-state index contributed by atoms with van der Waals surface area (Å²) in [6, 6.07) is -0.000385. The van der Waals surface area contributed by atoms with Crippen LogP contribution in [0.25, 0.3) is 0 Å². The van der Waals surface area contributed by atoms with Crippen LogP contribution < -0.4 is 5.32 Å². The van der Waals surface area contributed by atoms with E-state index in [1.54, 1.807) is 6.92 Å². The van der Waals surface area contributed by atoms with Gasteiger partial charge in [-0.05, 0) is 39.2 Å². The summed E-state index contributed by atoms with van der Waals surface area (Å²) >= 11 is 0. The number of rotatable bonds is 8. The molecule has 0 aliphatic rings. The van der Waals surface area contributed by atoms with Crippen LogP contribution in [0.1, 0.15) is 40.0 Å². The molecule has 0 aliphatic heterocycles. The Morgan fingerprint density at radius 3 is 2.44 bits per heavy atom. The summed E-state index contributed by atoms with van der Waals surface area (Å²) in [6.07, 6.45) is 11.6. The first kappa shape index (κ1) is 15.1. The lowest BCUT2D eigenvalue weighted by Gasteiger charge is -2.20. The van der Waals surface area contributed by atoms with Crippen molar-refractivity contribution in [2.45, 2.75) is 46.1 Å². The Hall–Kier alpha value is -0.890. The maximum absolute atomic E-state index is 11.3. The molecule has 16 heavy (non-hydrogen) atoms. The van der Waals surface area contributed by atoms with Crippen molar-refractivity contribution in [3.8, 4) is 0 Å². The summed E-state index contributed by atoms with van der Waals surface area (Å²) in [5.41, 5.74) is 0. The Kier molecular flexibility index (Phi) is 8.82. The van der Waals surface area contributed by atoms with Gasteiger partial charge in [0.2, 0.25) is 0 Å². The third-order valence-corrected chi connectivity index (χ3v) is 2.73. The van der Waals surface area contributed by atoms with Crippen molar-refractivity contribution in [2.75, 3.05) is 7.05 Å². The number of Topliss-reactive ketones (excluding diaryl/α,β-unsaturated/α-hetero) is 1. The fourth-order valence-electron chi connectivity index (χ4n) is 1.80. The number of hydrogen-bond donors (Lipinski definition) is 1. The summed E-state index contributed by atoms with van der Waals surface area (Å²) < 4.78 is 0. The Morgan fingerprint density at radius 1 is 1.31 bits per heavy atom. The summed E-state index contributed by atoms with van der Waals surface area (Å²) in [5, 5.41) is 3.07. The highest BCUT2D eigenvalue weighted by Gasteiger charge is 2.18. The number of ketones is 1. The maximum atomic E-state index is 11.3. The van der Waals surface area contributed by atoms with Crippen molar-refractivity contribution < 1.29 is 4.79 Å². The predicted molar refractivity (Wildman–Crippen MR) is 70.5 cm³/mol. The van der Waals surface area contributed by atoms with Crippen molar-refractivity contribution >= 4 is 5.78 Å². The number of carbonyl (C=O) groups excluding carboxylic acids is 1. The minimum Gasteiger partial charge on any atom is -0.310 e. The molecule has 92 valence electrons. The molecule has 0 aromatic carbocycles. The minimum atomic E-state index is -0.000385. The van der Waals surface area contributed by atoms with Crippen LogP contribution in [-0.4, -0.2) is 18.9 Å². The molecular weight excluding hydrogens is 198 g/mol. The topological polar surface area (TPSA) is 29.1 Å². The second-order valence-electron chi connectivity index (χ2n) is 4.20.